The van der Waals surface area contributed by atoms with E-state index < -0.39 is 38.5 Å². The second-order valence-corrected chi connectivity index (χ2v) is 17.7. The Morgan fingerprint density at radius 3 is 1.26 bits per heavy atom. The lowest BCUT2D eigenvalue weighted by Crippen LogP contribution is -2.38. The third-order valence-corrected chi connectivity index (χ3v) is 12.7. The summed E-state index contributed by atoms with van der Waals surface area (Å²) in [7, 11) is -14.3. The van der Waals surface area contributed by atoms with Crippen LogP contribution in [0.5, 0.6) is 0 Å². The number of hydrogen-bond acceptors (Lipinski definition) is 6. The van der Waals surface area contributed by atoms with E-state index in [1.165, 1.54) is 27.0 Å². The fraction of sp³-hybridized carbons (Fsp3) is 0.242. The van der Waals surface area contributed by atoms with Crippen LogP contribution in [0.1, 0.15) is 27.7 Å². The van der Waals surface area contributed by atoms with Gasteiger partial charge in [0.05, 0.1) is 0 Å². The molecule has 4 rings (SSSR count). The summed E-state index contributed by atoms with van der Waals surface area (Å²) in [5, 5.41) is 4.12. The van der Waals surface area contributed by atoms with Crippen LogP contribution in [0.25, 0.3) is 11.1 Å². The molecular formula is C33H33BrF6NO6PS2. The summed E-state index contributed by atoms with van der Waals surface area (Å²) in [4.78, 5) is 0. The molecule has 0 amide bonds. The monoisotopic (exact) mass is 827 g/mol. The minimum absolute atomic E-state index is 0.391. The lowest BCUT2D eigenvalue weighted by atomic mass is 10.1. The highest BCUT2D eigenvalue weighted by Crippen LogP contribution is 2.55. The Morgan fingerprint density at radius 2 is 0.920 bits per heavy atom. The van der Waals surface area contributed by atoms with Gasteiger partial charge in [0, 0.05) is 10.0 Å². The third-order valence-electron chi connectivity index (χ3n) is 6.84. The zero-order chi connectivity index (χ0) is 38.1. The molecule has 0 aromatic heterocycles. The fourth-order valence-electron chi connectivity index (χ4n) is 4.70. The maximum atomic E-state index is 10.7. The molecule has 0 heterocycles. The summed E-state index contributed by atoms with van der Waals surface area (Å²) in [6.07, 6.45) is 0. The summed E-state index contributed by atoms with van der Waals surface area (Å²) < 4.78 is 121. The highest BCUT2D eigenvalue weighted by atomic mass is 79.9. The van der Waals surface area contributed by atoms with Crippen LogP contribution in [0.15, 0.2) is 114 Å². The average molecular weight is 829 g/mol. The Labute approximate surface area is 296 Å². The van der Waals surface area contributed by atoms with Crippen molar-refractivity contribution >= 4 is 65.3 Å². The van der Waals surface area contributed by atoms with Crippen molar-refractivity contribution in [3.05, 3.63) is 114 Å². The van der Waals surface area contributed by atoms with Gasteiger partial charge in [0.25, 0.3) is 5.96 Å². The van der Waals surface area contributed by atoms with Crippen LogP contribution in [0.3, 0.4) is 0 Å². The van der Waals surface area contributed by atoms with E-state index in [2.05, 4.69) is 163 Å². The first-order valence-corrected chi connectivity index (χ1v) is 19.9. The molecule has 0 aliphatic rings. The summed E-state index contributed by atoms with van der Waals surface area (Å²) in [5.41, 5.74) is -8.79. The van der Waals surface area contributed by atoms with Crippen molar-refractivity contribution < 1.29 is 56.9 Å². The van der Waals surface area contributed by atoms with E-state index in [0.717, 1.165) is 4.47 Å². The normalized spacial score (nSPS) is 12.4. The van der Waals surface area contributed by atoms with Crippen molar-refractivity contribution in [1.29, 1.82) is 0 Å². The van der Waals surface area contributed by atoms with E-state index >= 15 is 0 Å². The molecule has 0 aliphatic heterocycles. The van der Waals surface area contributed by atoms with Crippen molar-refractivity contribution in [3.8, 4) is 11.1 Å². The molecule has 0 unspecified atom stereocenters. The molecule has 272 valence electrons. The SMILES string of the molecule is CC(C)[N+](=C[P+](c1ccccc1)(c1ccccc1)c1ccccc1-c1ccccc1Br)C(C)C.O=S(=O)([O-])C(F)(F)F.O=S(=O)([O-])C(F)(F)F. The van der Waals surface area contributed by atoms with Crippen LogP contribution >= 0.6 is 23.2 Å². The van der Waals surface area contributed by atoms with Crippen molar-refractivity contribution in [2.24, 2.45) is 0 Å². The highest BCUT2D eigenvalue weighted by Gasteiger charge is 2.50. The topological polar surface area (TPSA) is 117 Å². The van der Waals surface area contributed by atoms with E-state index in [0.29, 0.717) is 12.1 Å². The minimum Gasteiger partial charge on any atom is -0.741 e. The Balaban J connectivity index is 0.000000450. The first-order chi connectivity index (χ1) is 22.9. The molecule has 0 radical (unpaired) electrons. The van der Waals surface area contributed by atoms with Crippen molar-refractivity contribution in [3.63, 3.8) is 0 Å². The van der Waals surface area contributed by atoms with Gasteiger partial charge < -0.3 is 9.11 Å². The smallest absolute Gasteiger partial charge is 0.485 e. The van der Waals surface area contributed by atoms with Gasteiger partial charge in [-0.3, -0.25) is 0 Å². The van der Waals surface area contributed by atoms with Crippen LogP contribution < -0.4 is 15.9 Å². The molecule has 0 saturated carbocycles. The molecule has 50 heavy (non-hydrogen) atoms. The average Bonchev–Trinajstić information content (AvgIpc) is 3.01. The lowest BCUT2D eigenvalue weighted by molar-refractivity contribution is -0.581. The first-order valence-electron chi connectivity index (χ1n) is 14.5. The number of halogens is 7. The molecule has 17 heteroatoms. The maximum Gasteiger partial charge on any atom is 0.485 e. The zero-order valence-electron chi connectivity index (χ0n) is 26.9. The van der Waals surface area contributed by atoms with Crippen molar-refractivity contribution in [2.75, 3.05) is 0 Å². The first kappa shape index (κ1) is 43.0. The summed E-state index contributed by atoms with van der Waals surface area (Å²) in [6, 6.07) is 40.5. The number of nitrogens with zero attached hydrogens (tertiary/aromatic N) is 1. The van der Waals surface area contributed by atoms with E-state index in [9.17, 15) is 26.3 Å². The van der Waals surface area contributed by atoms with Crippen LogP contribution in [0.2, 0.25) is 0 Å². The fourth-order valence-corrected chi connectivity index (χ4v) is 9.56. The largest absolute Gasteiger partial charge is 0.741 e. The quantitative estimate of drug-likeness (QED) is 0.0480. The molecule has 0 aliphatic carbocycles. The van der Waals surface area contributed by atoms with Crippen LogP contribution in [0.4, 0.5) is 26.3 Å². The second-order valence-electron chi connectivity index (χ2n) is 10.9. The Morgan fingerprint density at radius 1 is 0.600 bits per heavy atom. The molecule has 4 aromatic carbocycles. The summed E-state index contributed by atoms with van der Waals surface area (Å²) in [6.45, 7) is 9.17. The van der Waals surface area contributed by atoms with Gasteiger partial charge >= 0.3 is 11.0 Å². The highest BCUT2D eigenvalue weighted by molar-refractivity contribution is 9.10. The summed E-state index contributed by atoms with van der Waals surface area (Å²) >= 11 is 3.84. The molecule has 4 aromatic rings. The Kier molecular flexibility index (Phi) is 15.0. The molecule has 0 atom stereocenters. The van der Waals surface area contributed by atoms with E-state index in [1.54, 1.807) is 0 Å². The third kappa shape index (κ3) is 11.2. The zero-order valence-corrected chi connectivity index (χ0v) is 31.0. The van der Waals surface area contributed by atoms with Crippen LogP contribution in [-0.4, -0.2) is 59.6 Å². The van der Waals surface area contributed by atoms with Gasteiger partial charge in [0.2, 0.25) is 7.26 Å². The summed E-state index contributed by atoms with van der Waals surface area (Å²) in [5.74, 6) is 2.59. The maximum absolute atomic E-state index is 10.7. The second kappa shape index (κ2) is 17.4. The van der Waals surface area contributed by atoms with Crippen molar-refractivity contribution in [1.82, 2.24) is 0 Å². The molecule has 7 nitrogen and oxygen atoms in total. The molecule has 0 saturated heterocycles. The lowest BCUT2D eigenvalue weighted by Gasteiger charge is -2.25. The van der Waals surface area contributed by atoms with Gasteiger partial charge in [0.15, 0.2) is 32.3 Å². The van der Waals surface area contributed by atoms with Crippen LogP contribution in [0, 0.1) is 0 Å². The number of hydrogen-bond donors (Lipinski definition) is 0. The van der Waals surface area contributed by atoms with Crippen molar-refractivity contribution in [2.45, 2.75) is 50.8 Å². The molecule has 0 fully saturated rings. The van der Waals surface area contributed by atoms with Gasteiger partial charge in [-0.25, -0.2) is 21.4 Å². The predicted molar refractivity (Wildman–Crippen MR) is 186 cm³/mol. The molecular weight excluding hydrogens is 795 g/mol. The number of alkyl halides is 6. The molecule has 0 bridgehead atoms. The minimum atomic E-state index is -6.09. The Bertz CT molecular complexity index is 1870. The van der Waals surface area contributed by atoms with Gasteiger partial charge in [-0.1, -0.05) is 88.7 Å². The Hall–Kier alpha value is -3.14. The molecule has 0 spiro atoms. The van der Waals surface area contributed by atoms with Gasteiger partial charge in [0.1, 0.15) is 15.9 Å². The number of rotatable bonds is 7. The van der Waals surface area contributed by atoms with E-state index in [1.807, 2.05) is 0 Å². The van der Waals surface area contributed by atoms with Gasteiger partial charge in [-0.15, -0.1) is 0 Å². The predicted octanol–water partition coefficient (Wildman–Crippen LogP) is 7.37. The number of benzene rings is 4. The molecule has 0 N–H and O–H groups in total. The van der Waals surface area contributed by atoms with Crippen LogP contribution in [-0.2, 0) is 20.2 Å². The van der Waals surface area contributed by atoms with Gasteiger partial charge in [-0.05, 0) is 69.7 Å². The van der Waals surface area contributed by atoms with Gasteiger partial charge in [-0.2, -0.15) is 26.3 Å². The van der Waals surface area contributed by atoms with E-state index in [4.69, 9.17) is 25.9 Å². The standard InChI is InChI=1S/C31H33BrNP.2CHF3O3S/c1-24(2)33(25(3)4)23-34(26-15-7-5-8-16-26,27-17-9-6-10-18-27)31-22-14-12-20-29(31)28-19-11-13-21-30(28)32;2*2-1(3,4)8(5,6)7/h5-25H,1-4H3;2*(H,5,6,7)/q+2;;/p-2. The van der Waals surface area contributed by atoms with E-state index in [-0.39, 0.29) is 0 Å².